The number of nitrogens with two attached hydrogens (primary N) is 1. The molecule has 0 aliphatic rings. The lowest BCUT2D eigenvalue weighted by Gasteiger charge is -2.11. The summed E-state index contributed by atoms with van der Waals surface area (Å²) in [6.45, 7) is 3.47. The summed E-state index contributed by atoms with van der Waals surface area (Å²) in [7, 11) is 0. The van der Waals surface area contributed by atoms with Crippen molar-refractivity contribution in [3.63, 3.8) is 0 Å². The number of primary amides is 1. The summed E-state index contributed by atoms with van der Waals surface area (Å²) in [5.74, 6) is -0.754. The number of carbonyl (C=O) groups excluding carboxylic acids is 2. The van der Waals surface area contributed by atoms with Crippen molar-refractivity contribution in [1.29, 1.82) is 0 Å². The van der Waals surface area contributed by atoms with Crippen LogP contribution in [0.15, 0.2) is 18.2 Å². The third-order valence-corrected chi connectivity index (χ3v) is 2.70. The topological polar surface area (TPSA) is 84.2 Å². The molecule has 98 valence electrons. The summed E-state index contributed by atoms with van der Waals surface area (Å²) in [4.78, 5) is 22.4. The number of anilines is 1. The highest BCUT2D eigenvalue weighted by atomic mass is 35.5. The molecule has 5 nitrogen and oxygen atoms in total. The first-order valence-electron chi connectivity index (χ1n) is 5.49. The zero-order valence-corrected chi connectivity index (χ0v) is 11.0. The molecule has 6 heteroatoms. The van der Waals surface area contributed by atoms with E-state index in [1.54, 1.807) is 19.1 Å². The van der Waals surface area contributed by atoms with E-state index in [0.717, 1.165) is 5.56 Å². The zero-order valence-electron chi connectivity index (χ0n) is 10.3. The Morgan fingerprint density at radius 2 is 2.11 bits per heavy atom. The van der Waals surface area contributed by atoms with Crippen LogP contribution in [-0.2, 0) is 9.59 Å². The number of carbonyl (C=O) groups is 2. The number of benzene rings is 1. The van der Waals surface area contributed by atoms with Crippen molar-refractivity contribution in [3.8, 4) is 0 Å². The van der Waals surface area contributed by atoms with Crippen molar-refractivity contribution in [2.24, 2.45) is 5.73 Å². The Morgan fingerprint density at radius 3 is 2.72 bits per heavy atom. The quantitative estimate of drug-likeness (QED) is 0.747. The first kappa shape index (κ1) is 14.5. The number of rotatable bonds is 5. The van der Waals surface area contributed by atoms with E-state index in [-0.39, 0.29) is 12.5 Å². The predicted octanol–water partition coefficient (Wildman–Crippen LogP) is 1.05. The van der Waals surface area contributed by atoms with E-state index in [9.17, 15) is 9.59 Å². The Bertz CT molecular complexity index is 463. The third-order valence-electron chi connectivity index (χ3n) is 2.47. The number of halogens is 1. The van der Waals surface area contributed by atoms with Gasteiger partial charge in [0.2, 0.25) is 11.8 Å². The minimum atomic E-state index is -0.545. The molecule has 0 aliphatic heterocycles. The fraction of sp³-hybridized carbons (Fsp3) is 0.333. The van der Waals surface area contributed by atoms with Gasteiger partial charge in [0.05, 0.1) is 12.6 Å². The second-order valence-corrected chi connectivity index (χ2v) is 4.45. The molecule has 0 aromatic heterocycles. The maximum atomic E-state index is 11.6. The van der Waals surface area contributed by atoms with Crippen molar-refractivity contribution in [2.45, 2.75) is 19.9 Å². The van der Waals surface area contributed by atoms with E-state index >= 15 is 0 Å². The Kier molecular flexibility index (Phi) is 5.12. The minimum absolute atomic E-state index is 0.00998. The summed E-state index contributed by atoms with van der Waals surface area (Å²) in [5.41, 5.74) is 6.63. The molecule has 2 amide bonds. The summed E-state index contributed by atoms with van der Waals surface area (Å²) in [6, 6.07) is 4.69. The molecule has 0 aliphatic carbocycles. The van der Waals surface area contributed by atoms with Crippen LogP contribution in [0.25, 0.3) is 0 Å². The standard InChI is InChI=1S/C12H16ClN3O2/c1-7-3-4-9(13)5-10(7)16-11(17)6-15-8(2)12(14)18/h3-5,8,15H,6H2,1-2H3,(H2,14,18)(H,16,17). The van der Waals surface area contributed by atoms with Crippen molar-refractivity contribution in [2.75, 3.05) is 11.9 Å². The molecular weight excluding hydrogens is 254 g/mol. The largest absolute Gasteiger partial charge is 0.368 e. The summed E-state index contributed by atoms with van der Waals surface area (Å²) >= 11 is 5.84. The lowest BCUT2D eigenvalue weighted by molar-refractivity contribution is -0.120. The average Bonchev–Trinajstić information content (AvgIpc) is 2.30. The van der Waals surface area contributed by atoms with Gasteiger partial charge in [-0.2, -0.15) is 0 Å². The van der Waals surface area contributed by atoms with Gasteiger partial charge in [-0.25, -0.2) is 0 Å². The Hall–Kier alpha value is -1.59. The van der Waals surface area contributed by atoms with Crippen LogP contribution < -0.4 is 16.4 Å². The molecule has 0 fully saturated rings. The van der Waals surface area contributed by atoms with Crippen LogP contribution in [0, 0.1) is 6.92 Å². The normalized spacial score (nSPS) is 11.9. The summed E-state index contributed by atoms with van der Waals surface area (Å²) in [5, 5.41) is 5.97. The lowest BCUT2D eigenvalue weighted by Crippen LogP contribution is -2.42. The van der Waals surface area contributed by atoms with Crippen LogP contribution >= 0.6 is 11.6 Å². The second-order valence-electron chi connectivity index (χ2n) is 4.01. The lowest BCUT2D eigenvalue weighted by atomic mass is 10.2. The molecule has 0 saturated heterocycles. The first-order chi connectivity index (χ1) is 8.40. The van der Waals surface area contributed by atoms with E-state index < -0.39 is 11.9 Å². The number of hydrogen-bond acceptors (Lipinski definition) is 3. The van der Waals surface area contributed by atoms with Crippen LogP contribution in [-0.4, -0.2) is 24.4 Å². The SMILES string of the molecule is Cc1ccc(Cl)cc1NC(=O)CNC(C)C(N)=O. The van der Waals surface area contributed by atoms with Gasteiger partial charge in [-0.3, -0.25) is 14.9 Å². The van der Waals surface area contributed by atoms with E-state index in [2.05, 4.69) is 10.6 Å². The summed E-state index contributed by atoms with van der Waals surface area (Å²) in [6.07, 6.45) is 0. The van der Waals surface area contributed by atoms with Gasteiger partial charge in [0, 0.05) is 10.7 Å². The van der Waals surface area contributed by atoms with Gasteiger partial charge >= 0.3 is 0 Å². The van der Waals surface area contributed by atoms with Gasteiger partial charge in [-0.1, -0.05) is 17.7 Å². The Balaban J connectivity index is 2.54. The molecule has 18 heavy (non-hydrogen) atoms. The van der Waals surface area contributed by atoms with Gasteiger partial charge in [0.25, 0.3) is 0 Å². The molecule has 1 aromatic rings. The fourth-order valence-corrected chi connectivity index (χ4v) is 1.44. The van der Waals surface area contributed by atoms with Crippen molar-refractivity contribution in [1.82, 2.24) is 5.32 Å². The monoisotopic (exact) mass is 269 g/mol. The molecule has 0 spiro atoms. The van der Waals surface area contributed by atoms with E-state index in [4.69, 9.17) is 17.3 Å². The summed E-state index contributed by atoms with van der Waals surface area (Å²) < 4.78 is 0. The van der Waals surface area contributed by atoms with Gasteiger partial charge < -0.3 is 11.1 Å². The zero-order chi connectivity index (χ0) is 13.7. The molecule has 1 rings (SSSR count). The Morgan fingerprint density at radius 1 is 1.44 bits per heavy atom. The Labute approximate surface area is 111 Å². The first-order valence-corrected chi connectivity index (χ1v) is 5.86. The maximum Gasteiger partial charge on any atom is 0.238 e. The highest BCUT2D eigenvalue weighted by Crippen LogP contribution is 2.19. The molecule has 1 aromatic carbocycles. The number of hydrogen-bond donors (Lipinski definition) is 3. The number of amides is 2. The molecule has 1 atom stereocenters. The second kappa shape index (κ2) is 6.37. The smallest absolute Gasteiger partial charge is 0.238 e. The van der Waals surface area contributed by atoms with Crippen LogP contribution in [0.1, 0.15) is 12.5 Å². The van der Waals surface area contributed by atoms with Crippen molar-refractivity contribution < 1.29 is 9.59 Å². The van der Waals surface area contributed by atoms with Crippen LogP contribution in [0.2, 0.25) is 5.02 Å². The van der Waals surface area contributed by atoms with E-state index in [0.29, 0.717) is 10.7 Å². The molecule has 4 N–H and O–H groups in total. The van der Waals surface area contributed by atoms with Crippen LogP contribution in [0.3, 0.4) is 0 Å². The van der Waals surface area contributed by atoms with Gasteiger partial charge in [0.15, 0.2) is 0 Å². The van der Waals surface area contributed by atoms with E-state index in [1.165, 1.54) is 0 Å². The molecule has 1 unspecified atom stereocenters. The molecule has 0 bridgehead atoms. The predicted molar refractivity (Wildman–Crippen MR) is 71.5 cm³/mol. The van der Waals surface area contributed by atoms with E-state index in [1.807, 2.05) is 13.0 Å². The molecule has 0 radical (unpaired) electrons. The van der Waals surface area contributed by atoms with Gasteiger partial charge in [-0.05, 0) is 31.5 Å². The third kappa shape index (κ3) is 4.35. The maximum absolute atomic E-state index is 11.6. The molecule has 0 saturated carbocycles. The molecular formula is C12H16ClN3O2. The highest BCUT2D eigenvalue weighted by molar-refractivity contribution is 6.31. The van der Waals surface area contributed by atoms with Crippen LogP contribution in [0.5, 0.6) is 0 Å². The highest BCUT2D eigenvalue weighted by Gasteiger charge is 2.10. The number of aryl methyl sites for hydroxylation is 1. The average molecular weight is 270 g/mol. The minimum Gasteiger partial charge on any atom is -0.368 e. The van der Waals surface area contributed by atoms with Crippen molar-refractivity contribution >= 4 is 29.1 Å². The number of nitrogens with one attached hydrogen (secondary N) is 2. The van der Waals surface area contributed by atoms with Gasteiger partial charge in [0.1, 0.15) is 0 Å². The fourth-order valence-electron chi connectivity index (χ4n) is 1.27. The van der Waals surface area contributed by atoms with Crippen LogP contribution in [0.4, 0.5) is 5.69 Å². The molecule has 0 heterocycles. The van der Waals surface area contributed by atoms with Gasteiger partial charge in [-0.15, -0.1) is 0 Å². The van der Waals surface area contributed by atoms with Crippen molar-refractivity contribution in [3.05, 3.63) is 28.8 Å².